The van der Waals surface area contributed by atoms with Crippen molar-refractivity contribution in [1.82, 2.24) is 0 Å². The Balaban J connectivity index is 3.12. The van der Waals surface area contributed by atoms with Crippen LogP contribution in [0.4, 0.5) is 0 Å². The molecule has 0 bridgehead atoms. The minimum atomic E-state index is -4.63. The van der Waals surface area contributed by atoms with E-state index in [1.807, 2.05) is 0 Å². The largest absolute Gasteiger partial charge is 0.524 e. The Morgan fingerprint density at radius 1 is 1.40 bits per heavy atom. The first-order valence-corrected chi connectivity index (χ1v) is 7.15. The maximum Gasteiger partial charge on any atom is 0.524 e. The molecule has 8 heteroatoms. The topological polar surface area (TPSA) is 93.1 Å². The van der Waals surface area contributed by atoms with Crippen LogP contribution in [0.15, 0.2) is 18.2 Å². The van der Waals surface area contributed by atoms with Gasteiger partial charge in [-0.2, -0.15) is 0 Å². The second-order valence-corrected chi connectivity index (χ2v) is 5.22. The van der Waals surface area contributed by atoms with Crippen LogP contribution >= 0.6 is 29.0 Å². The van der Waals surface area contributed by atoms with Gasteiger partial charge in [-0.1, -0.05) is 0 Å². The molecule has 0 heterocycles. The van der Waals surface area contributed by atoms with Crippen LogP contribution in [0, 0.1) is 3.57 Å². The summed E-state index contributed by atoms with van der Waals surface area (Å²) in [6.45, 7) is 0. The third-order valence-corrected chi connectivity index (χ3v) is 3.24. The van der Waals surface area contributed by atoms with Gasteiger partial charge in [-0.05, 0) is 12.1 Å². The molecule has 6 nitrogen and oxygen atoms in total. The maximum absolute atomic E-state index is 10.8. The fourth-order valence-electron chi connectivity index (χ4n) is 0.872. The summed E-state index contributed by atoms with van der Waals surface area (Å²) in [5, 5.41) is 0. The molecule has 84 valence electrons. The molecule has 1 aromatic carbocycles. The third kappa shape index (κ3) is 3.86. The van der Waals surface area contributed by atoms with E-state index in [9.17, 15) is 7.63 Å². The lowest BCUT2D eigenvalue weighted by molar-refractivity contribution is 0.282. The number of halogens is 1. The molecule has 0 atom stereocenters. The van der Waals surface area contributed by atoms with Crippen molar-refractivity contribution < 1.29 is 26.7 Å². The van der Waals surface area contributed by atoms with Crippen molar-refractivity contribution >= 4 is 29.0 Å². The molecule has 0 saturated carbocycles. The Morgan fingerprint density at radius 3 is 2.53 bits per heavy atom. The zero-order valence-corrected chi connectivity index (χ0v) is 10.6. The van der Waals surface area contributed by atoms with Crippen molar-refractivity contribution in [3.63, 3.8) is 0 Å². The normalized spacial score (nSPS) is 11.1. The molecule has 0 unspecified atom stereocenters. The van der Waals surface area contributed by atoms with Gasteiger partial charge < -0.3 is 9.26 Å². The molecular formula is C7H8IO6P. The first kappa shape index (κ1) is 12.6. The smallest absolute Gasteiger partial charge is 0.497 e. The first-order chi connectivity index (χ1) is 6.96. The van der Waals surface area contributed by atoms with E-state index in [2.05, 4.69) is 4.52 Å². The van der Waals surface area contributed by atoms with E-state index in [4.69, 9.17) is 14.5 Å². The Labute approximate surface area is 96.1 Å². The van der Waals surface area contributed by atoms with E-state index in [0.717, 1.165) is 0 Å². The maximum atomic E-state index is 10.8. The van der Waals surface area contributed by atoms with Crippen LogP contribution in [-0.4, -0.2) is 16.9 Å². The number of benzene rings is 1. The molecule has 0 aliphatic heterocycles. The van der Waals surface area contributed by atoms with Gasteiger partial charge in [0.15, 0.2) is 26.9 Å². The van der Waals surface area contributed by atoms with Crippen LogP contribution in [0.3, 0.4) is 0 Å². The summed E-state index contributed by atoms with van der Waals surface area (Å²) in [5.41, 5.74) is 0. The molecule has 0 amide bonds. The molecule has 0 saturated heterocycles. The molecule has 2 N–H and O–H groups in total. The minimum Gasteiger partial charge on any atom is -0.497 e. The van der Waals surface area contributed by atoms with Gasteiger partial charge in [-0.15, -0.1) is 0 Å². The van der Waals surface area contributed by atoms with Crippen LogP contribution < -0.4 is 9.26 Å². The van der Waals surface area contributed by atoms with E-state index in [-0.39, 0.29) is 9.32 Å². The van der Waals surface area contributed by atoms with E-state index in [1.165, 1.54) is 19.2 Å². The summed E-state index contributed by atoms with van der Waals surface area (Å²) in [6.07, 6.45) is 0. The standard InChI is InChI=1S/C7H8IO6P/c1-13-5-2-3-6(8-9)7(4-5)14-15(10,11)12/h2-4H,1H3,(H2,10,11,12). The summed E-state index contributed by atoms with van der Waals surface area (Å²) in [5.74, 6) is 0.269. The van der Waals surface area contributed by atoms with Crippen LogP contribution in [0.2, 0.25) is 0 Å². The SMILES string of the molecule is COc1ccc(I=O)c(OP(=O)(O)O)c1. The fourth-order valence-corrected chi connectivity index (χ4v) is 2.26. The number of methoxy groups -OCH3 is 1. The Kier molecular flexibility index (Phi) is 4.21. The summed E-state index contributed by atoms with van der Waals surface area (Å²) in [6, 6.07) is 4.27. The molecule has 0 spiro atoms. The molecule has 0 radical (unpaired) electrons. The van der Waals surface area contributed by atoms with Crippen molar-refractivity contribution in [2.75, 3.05) is 7.11 Å². The number of phosphoric ester groups is 1. The van der Waals surface area contributed by atoms with E-state index in [0.29, 0.717) is 5.75 Å². The highest BCUT2D eigenvalue weighted by Gasteiger charge is 2.19. The molecule has 0 aliphatic rings. The van der Waals surface area contributed by atoms with E-state index < -0.39 is 29.0 Å². The average Bonchev–Trinajstić information content (AvgIpc) is 2.15. The van der Waals surface area contributed by atoms with Gasteiger partial charge in [0.05, 0.1) is 10.7 Å². The highest BCUT2D eigenvalue weighted by molar-refractivity contribution is 14.1. The zero-order valence-electron chi connectivity index (χ0n) is 7.58. The Bertz CT molecular complexity index is 414. The molecule has 1 rings (SSSR count). The number of phosphoric acid groups is 1. The van der Waals surface area contributed by atoms with Gasteiger partial charge in [0.25, 0.3) is 0 Å². The number of hydrogen-bond acceptors (Lipinski definition) is 4. The van der Waals surface area contributed by atoms with Gasteiger partial charge in [0.1, 0.15) is 5.75 Å². The van der Waals surface area contributed by atoms with Gasteiger partial charge in [-0.3, -0.25) is 12.9 Å². The molecule has 1 aromatic rings. The fraction of sp³-hybridized carbons (Fsp3) is 0.143. The lowest BCUT2D eigenvalue weighted by Gasteiger charge is -2.09. The predicted octanol–water partition coefficient (Wildman–Crippen LogP) is 1.65. The van der Waals surface area contributed by atoms with Gasteiger partial charge in [0.2, 0.25) is 0 Å². The van der Waals surface area contributed by atoms with Crippen molar-refractivity contribution in [1.29, 1.82) is 0 Å². The summed E-state index contributed by atoms with van der Waals surface area (Å²) >= 11 is -1.56. The van der Waals surface area contributed by atoms with Crippen LogP contribution in [-0.2, 0) is 7.63 Å². The van der Waals surface area contributed by atoms with Gasteiger partial charge >= 0.3 is 7.82 Å². The van der Waals surface area contributed by atoms with Gasteiger partial charge in [0, 0.05) is 6.07 Å². The molecule has 0 fully saturated rings. The Hall–Kier alpha value is -0.500. The summed E-state index contributed by atoms with van der Waals surface area (Å²) < 4.78 is 30.9. The average molecular weight is 346 g/mol. The van der Waals surface area contributed by atoms with Crippen LogP contribution in [0.1, 0.15) is 0 Å². The highest BCUT2D eigenvalue weighted by atomic mass is 127. The summed E-state index contributed by atoms with van der Waals surface area (Å²) in [7, 11) is -3.23. The third-order valence-electron chi connectivity index (χ3n) is 1.44. The molecule has 0 aliphatic carbocycles. The van der Waals surface area contributed by atoms with Crippen molar-refractivity contribution in [3.8, 4) is 11.5 Å². The second-order valence-electron chi connectivity index (χ2n) is 2.46. The quantitative estimate of drug-likeness (QED) is 0.636. The van der Waals surface area contributed by atoms with Crippen molar-refractivity contribution in [2.24, 2.45) is 0 Å². The van der Waals surface area contributed by atoms with Crippen LogP contribution in [0.5, 0.6) is 11.5 Å². The lowest BCUT2D eigenvalue weighted by Crippen LogP contribution is -1.93. The predicted molar refractivity (Wildman–Crippen MR) is 59.1 cm³/mol. The minimum absolute atomic E-state index is 0.106. The lowest BCUT2D eigenvalue weighted by atomic mass is 10.3. The summed E-state index contributed by atoms with van der Waals surface area (Å²) in [4.78, 5) is 17.2. The molecule has 0 aromatic heterocycles. The highest BCUT2D eigenvalue weighted by Crippen LogP contribution is 2.41. The first-order valence-electron chi connectivity index (χ1n) is 3.66. The van der Waals surface area contributed by atoms with E-state index >= 15 is 0 Å². The van der Waals surface area contributed by atoms with E-state index in [1.54, 1.807) is 6.07 Å². The Morgan fingerprint density at radius 2 is 2.07 bits per heavy atom. The monoisotopic (exact) mass is 346 g/mol. The zero-order chi connectivity index (χ0) is 11.5. The molecular weight excluding hydrogens is 338 g/mol. The number of ether oxygens (including phenoxy) is 1. The number of hydrogen-bond donors (Lipinski definition) is 2. The van der Waals surface area contributed by atoms with Crippen LogP contribution in [0.25, 0.3) is 0 Å². The molecule has 15 heavy (non-hydrogen) atoms. The number of rotatable bonds is 4. The van der Waals surface area contributed by atoms with Crippen molar-refractivity contribution in [2.45, 2.75) is 0 Å². The van der Waals surface area contributed by atoms with Crippen molar-refractivity contribution in [3.05, 3.63) is 21.8 Å². The second kappa shape index (κ2) is 5.02. The van der Waals surface area contributed by atoms with Gasteiger partial charge in [-0.25, -0.2) is 4.57 Å².